The number of ether oxygens (including phenoxy) is 2. The van der Waals surface area contributed by atoms with Gasteiger partial charge in [-0.05, 0) is 83.5 Å². The number of esters is 2. The molecule has 0 aromatic heterocycles. The molecule has 0 heterocycles. The number of hydrogen-bond donors (Lipinski definition) is 2. The normalized spacial score (nSPS) is 13.4. The highest BCUT2D eigenvalue weighted by Crippen LogP contribution is 2.36. The molecule has 0 aliphatic heterocycles. The molecule has 0 aromatic carbocycles. The molecule has 0 aromatic rings. The second-order valence-corrected chi connectivity index (χ2v) is 14.1. The minimum atomic E-state index is -4.78. The summed E-state index contributed by atoms with van der Waals surface area (Å²) in [6.45, 7) is 3.53. The molecule has 0 rings (SSSR count). The standard InChI is InChI=1S/C43H71O8P/c1-3-5-7-9-11-13-15-17-19-20-21-22-24-25-27-29-31-33-35-37-42(44)49-39-41(40-50-52(46,47)48)51-43(45)38-36-34-32-30-28-26-23-18-16-14-12-10-8-6-4-2/h11-14,17-19,21-23,25,27,31,33,41H,3-10,15-16,20,24,26,28-30,32,34-40H2,1-2H3,(H2,46,47,48)/b13-11-,14-12-,19-17-,22-21-,23-18-,27-25-,33-31-/t41-/m1/s1. The summed E-state index contributed by atoms with van der Waals surface area (Å²) >= 11 is 0. The molecule has 0 radical (unpaired) electrons. The topological polar surface area (TPSA) is 119 Å². The molecule has 0 aliphatic carbocycles. The average Bonchev–Trinajstić information content (AvgIpc) is 3.11. The first-order valence-electron chi connectivity index (χ1n) is 19.9. The van der Waals surface area contributed by atoms with Gasteiger partial charge in [0.1, 0.15) is 6.61 Å². The number of carbonyl (C=O) groups excluding carboxylic acids is 2. The van der Waals surface area contributed by atoms with E-state index in [2.05, 4.69) is 91.3 Å². The van der Waals surface area contributed by atoms with E-state index in [1.54, 1.807) is 0 Å². The molecule has 0 spiro atoms. The number of phosphoric acid groups is 1. The van der Waals surface area contributed by atoms with Gasteiger partial charge in [-0.1, -0.05) is 144 Å². The smallest absolute Gasteiger partial charge is 0.462 e. The summed E-state index contributed by atoms with van der Waals surface area (Å²) in [5.41, 5.74) is 0. The van der Waals surface area contributed by atoms with Crippen LogP contribution in [0.5, 0.6) is 0 Å². The highest BCUT2D eigenvalue weighted by atomic mass is 31.2. The van der Waals surface area contributed by atoms with Gasteiger partial charge in [0, 0.05) is 12.8 Å². The fraction of sp³-hybridized carbons (Fsp3) is 0.628. The fourth-order valence-corrected chi connectivity index (χ4v) is 5.27. The molecule has 0 fully saturated rings. The molecule has 8 nitrogen and oxygen atoms in total. The summed E-state index contributed by atoms with van der Waals surface area (Å²) in [5, 5.41) is 0. The minimum absolute atomic E-state index is 0.136. The Balaban J connectivity index is 4.12. The molecular formula is C43H71O8P. The first-order chi connectivity index (χ1) is 25.3. The van der Waals surface area contributed by atoms with Gasteiger partial charge in [-0.2, -0.15) is 0 Å². The number of carbonyl (C=O) groups is 2. The van der Waals surface area contributed by atoms with Gasteiger partial charge in [-0.25, -0.2) is 4.57 Å². The molecule has 9 heteroatoms. The van der Waals surface area contributed by atoms with Crippen LogP contribution in [0.4, 0.5) is 0 Å². The van der Waals surface area contributed by atoms with Gasteiger partial charge in [-0.3, -0.25) is 14.1 Å². The number of allylic oxidation sites excluding steroid dienone is 14. The first-order valence-corrected chi connectivity index (χ1v) is 21.4. The zero-order valence-electron chi connectivity index (χ0n) is 32.4. The summed E-state index contributed by atoms with van der Waals surface area (Å²) in [7, 11) is -4.78. The molecule has 1 atom stereocenters. The van der Waals surface area contributed by atoms with Crippen molar-refractivity contribution < 1.29 is 37.9 Å². The molecule has 0 amide bonds. The zero-order valence-corrected chi connectivity index (χ0v) is 33.3. The van der Waals surface area contributed by atoms with Crippen molar-refractivity contribution in [3.63, 3.8) is 0 Å². The van der Waals surface area contributed by atoms with Gasteiger partial charge in [0.15, 0.2) is 6.10 Å². The van der Waals surface area contributed by atoms with Crippen molar-refractivity contribution in [2.24, 2.45) is 0 Å². The molecule has 0 saturated carbocycles. The zero-order chi connectivity index (χ0) is 38.2. The monoisotopic (exact) mass is 746 g/mol. The van der Waals surface area contributed by atoms with Crippen molar-refractivity contribution in [1.82, 2.24) is 0 Å². The van der Waals surface area contributed by atoms with Crippen molar-refractivity contribution in [3.8, 4) is 0 Å². The lowest BCUT2D eigenvalue weighted by atomic mass is 10.1. The maximum absolute atomic E-state index is 12.4. The lowest BCUT2D eigenvalue weighted by Crippen LogP contribution is -2.29. The maximum Gasteiger partial charge on any atom is 0.469 e. The summed E-state index contributed by atoms with van der Waals surface area (Å²) in [4.78, 5) is 42.7. The molecule has 0 unspecified atom stereocenters. The second kappa shape index (κ2) is 38.0. The fourth-order valence-electron chi connectivity index (χ4n) is 4.91. The molecular weight excluding hydrogens is 675 g/mol. The Kier molecular flexibility index (Phi) is 35.9. The third-order valence-electron chi connectivity index (χ3n) is 7.90. The van der Waals surface area contributed by atoms with E-state index in [0.717, 1.165) is 70.6 Å². The number of rotatable bonds is 35. The Hall–Kier alpha value is -2.77. The first kappa shape index (κ1) is 49.2. The van der Waals surface area contributed by atoms with Crippen LogP contribution in [0.25, 0.3) is 0 Å². The largest absolute Gasteiger partial charge is 0.469 e. The van der Waals surface area contributed by atoms with Crippen LogP contribution in [0, 0.1) is 0 Å². The van der Waals surface area contributed by atoms with E-state index in [1.165, 1.54) is 44.9 Å². The van der Waals surface area contributed by atoms with Crippen molar-refractivity contribution in [3.05, 3.63) is 85.1 Å². The lowest BCUT2D eigenvalue weighted by molar-refractivity contribution is -0.161. The van der Waals surface area contributed by atoms with E-state index in [-0.39, 0.29) is 19.4 Å². The lowest BCUT2D eigenvalue weighted by Gasteiger charge is -2.18. The average molecular weight is 747 g/mol. The van der Waals surface area contributed by atoms with Crippen LogP contribution in [0.3, 0.4) is 0 Å². The molecule has 2 N–H and O–H groups in total. The molecule has 296 valence electrons. The number of hydrogen-bond acceptors (Lipinski definition) is 6. The Morgan fingerprint density at radius 3 is 1.37 bits per heavy atom. The molecule has 0 aliphatic rings. The van der Waals surface area contributed by atoms with Crippen molar-refractivity contribution >= 4 is 19.8 Å². The van der Waals surface area contributed by atoms with E-state index >= 15 is 0 Å². The molecule has 0 saturated heterocycles. The van der Waals surface area contributed by atoms with E-state index in [0.29, 0.717) is 12.8 Å². The highest BCUT2D eigenvalue weighted by molar-refractivity contribution is 7.46. The van der Waals surface area contributed by atoms with Gasteiger partial charge >= 0.3 is 19.8 Å². The number of unbranched alkanes of at least 4 members (excludes halogenated alkanes) is 11. The van der Waals surface area contributed by atoms with Crippen LogP contribution in [-0.2, 0) is 28.2 Å². The predicted molar refractivity (Wildman–Crippen MR) is 216 cm³/mol. The molecule has 52 heavy (non-hydrogen) atoms. The van der Waals surface area contributed by atoms with Crippen LogP contribution in [0.2, 0.25) is 0 Å². The Bertz CT molecular complexity index is 1110. The van der Waals surface area contributed by atoms with E-state index in [1.807, 2.05) is 12.2 Å². The Morgan fingerprint density at radius 1 is 0.500 bits per heavy atom. The van der Waals surface area contributed by atoms with Crippen molar-refractivity contribution in [1.29, 1.82) is 0 Å². The summed E-state index contributed by atoms with van der Waals surface area (Å²) in [6.07, 6.45) is 50.2. The van der Waals surface area contributed by atoms with Gasteiger partial charge < -0.3 is 19.3 Å². The predicted octanol–water partition coefficient (Wildman–Crippen LogP) is 12.1. The van der Waals surface area contributed by atoms with Crippen LogP contribution in [0.15, 0.2) is 85.1 Å². The summed E-state index contributed by atoms with van der Waals surface area (Å²) in [6, 6.07) is 0. The quantitative estimate of drug-likeness (QED) is 0.0285. The van der Waals surface area contributed by atoms with Crippen molar-refractivity contribution in [2.45, 2.75) is 161 Å². The Morgan fingerprint density at radius 2 is 0.904 bits per heavy atom. The highest BCUT2D eigenvalue weighted by Gasteiger charge is 2.22. The van der Waals surface area contributed by atoms with E-state index in [4.69, 9.17) is 19.3 Å². The van der Waals surface area contributed by atoms with Crippen LogP contribution >= 0.6 is 7.82 Å². The summed E-state index contributed by atoms with van der Waals surface area (Å²) < 4.78 is 26.2. The van der Waals surface area contributed by atoms with E-state index < -0.39 is 32.5 Å². The second-order valence-electron chi connectivity index (χ2n) is 12.9. The van der Waals surface area contributed by atoms with Gasteiger partial charge in [0.05, 0.1) is 6.61 Å². The number of phosphoric ester groups is 1. The Labute approximate surface area is 316 Å². The SMILES string of the molecule is CCCCC/C=C\C/C=C\C/C=C\C/C=C\C/C=C\CCC(=O)OC[C@H](COP(=O)(O)O)OC(=O)CCCCCCC/C=C\C/C=C\CCCCC. The molecule has 0 bridgehead atoms. The van der Waals surface area contributed by atoms with Gasteiger partial charge in [0.2, 0.25) is 0 Å². The van der Waals surface area contributed by atoms with E-state index in [9.17, 15) is 14.2 Å². The summed E-state index contributed by atoms with van der Waals surface area (Å²) in [5.74, 6) is -1.01. The minimum Gasteiger partial charge on any atom is -0.462 e. The van der Waals surface area contributed by atoms with Crippen LogP contribution in [0.1, 0.15) is 155 Å². The van der Waals surface area contributed by atoms with Crippen LogP contribution < -0.4 is 0 Å². The third-order valence-corrected chi connectivity index (χ3v) is 8.39. The van der Waals surface area contributed by atoms with Crippen LogP contribution in [-0.4, -0.2) is 41.0 Å². The van der Waals surface area contributed by atoms with Gasteiger partial charge in [0.25, 0.3) is 0 Å². The maximum atomic E-state index is 12.4. The van der Waals surface area contributed by atoms with Gasteiger partial charge in [-0.15, -0.1) is 0 Å². The van der Waals surface area contributed by atoms with Crippen molar-refractivity contribution in [2.75, 3.05) is 13.2 Å². The third kappa shape index (κ3) is 40.0.